The fraction of sp³-hybridized carbons (Fsp3) is 0.353. The molecule has 1 aromatic carbocycles. The largest absolute Gasteiger partial charge is 0.452 e. The summed E-state index contributed by atoms with van der Waals surface area (Å²) in [5.74, 6) is -0.486. The van der Waals surface area contributed by atoms with E-state index >= 15 is 0 Å². The number of amides is 1. The maximum atomic E-state index is 12.1. The van der Waals surface area contributed by atoms with E-state index in [9.17, 15) is 9.59 Å². The zero-order chi connectivity index (χ0) is 17.0. The number of hydrogen-bond donors (Lipinski definition) is 0. The summed E-state index contributed by atoms with van der Waals surface area (Å²) in [4.78, 5) is 25.6. The summed E-state index contributed by atoms with van der Waals surface area (Å²) in [6.07, 6.45) is 0. The van der Waals surface area contributed by atoms with E-state index in [2.05, 4.69) is 5.16 Å². The third-order valence-corrected chi connectivity index (χ3v) is 3.66. The van der Waals surface area contributed by atoms with E-state index in [1.807, 2.05) is 31.2 Å². The summed E-state index contributed by atoms with van der Waals surface area (Å²) in [6.45, 7) is 5.42. The van der Waals surface area contributed by atoms with Gasteiger partial charge in [-0.1, -0.05) is 29.4 Å². The number of ether oxygens (including phenoxy) is 1. The van der Waals surface area contributed by atoms with Crippen molar-refractivity contribution in [3.05, 3.63) is 52.4 Å². The number of hydrogen-bond acceptors (Lipinski definition) is 5. The van der Waals surface area contributed by atoms with Gasteiger partial charge in [-0.3, -0.25) is 4.79 Å². The number of rotatable bonds is 5. The molecule has 2 rings (SSSR count). The first-order valence-electron chi connectivity index (χ1n) is 7.28. The molecule has 0 aliphatic rings. The van der Waals surface area contributed by atoms with Crippen LogP contribution in [0.25, 0.3) is 0 Å². The fourth-order valence-electron chi connectivity index (χ4n) is 2.22. The minimum atomic E-state index is -0.598. The Morgan fingerprint density at radius 1 is 1.22 bits per heavy atom. The van der Waals surface area contributed by atoms with Crippen LogP contribution in [0.5, 0.6) is 0 Å². The summed E-state index contributed by atoms with van der Waals surface area (Å²) < 4.78 is 9.99. The Morgan fingerprint density at radius 2 is 1.91 bits per heavy atom. The lowest BCUT2D eigenvalue weighted by Gasteiger charge is -2.18. The summed E-state index contributed by atoms with van der Waals surface area (Å²) in [7, 11) is 1.68. The minimum Gasteiger partial charge on any atom is -0.452 e. The van der Waals surface area contributed by atoms with Gasteiger partial charge in [0, 0.05) is 13.6 Å². The van der Waals surface area contributed by atoms with E-state index < -0.39 is 5.97 Å². The molecule has 0 aliphatic carbocycles. The maximum absolute atomic E-state index is 12.1. The first-order valence-corrected chi connectivity index (χ1v) is 7.28. The SMILES string of the molecule is Cc1ccccc1CN(C)C(=O)COC(=O)c1c(C)noc1C. The highest BCUT2D eigenvalue weighted by Gasteiger charge is 2.20. The van der Waals surface area contributed by atoms with Gasteiger partial charge in [-0.25, -0.2) is 4.79 Å². The van der Waals surface area contributed by atoms with E-state index in [0.717, 1.165) is 11.1 Å². The molecule has 0 saturated heterocycles. The molecule has 0 atom stereocenters. The van der Waals surface area contributed by atoms with Gasteiger partial charge in [0.2, 0.25) is 0 Å². The molecule has 122 valence electrons. The van der Waals surface area contributed by atoms with Crippen LogP contribution in [0.15, 0.2) is 28.8 Å². The van der Waals surface area contributed by atoms with Crippen LogP contribution >= 0.6 is 0 Å². The van der Waals surface area contributed by atoms with Crippen LogP contribution < -0.4 is 0 Å². The molecule has 1 heterocycles. The number of benzene rings is 1. The van der Waals surface area contributed by atoms with Gasteiger partial charge in [-0.15, -0.1) is 0 Å². The standard InChI is InChI=1S/C17H20N2O4/c1-11-7-5-6-8-14(11)9-19(4)15(20)10-22-17(21)16-12(2)18-23-13(16)3/h5-8H,9-10H2,1-4H3. The molecule has 6 heteroatoms. The molecule has 0 bridgehead atoms. The molecular formula is C17H20N2O4. The van der Waals surface area contributed by atoms with Crippen LogP contribution in [0, 0.1) is 20.8 Å². The zero-order valence-electron chi connectivity index (χ0n) is 13.8. The average Bonchev–Trinajstić information content (AvgIpc) is 2.85. The highest BCUT2D eigenvalue weighted by Crippen LogP contribution is 2.14. The van der Waals surface area contributed by atoms with Gasteiger partial charge in [0.05, 0.1) is 5.69 Å². The van der Waals surface area contributed by atoms with E-state index in [-0.39, 0.29) is 18.1 Å². The van der Waals surface area contributed by atoms with Crippen molar-refractivity contribution < 1.29 is 18.8 Å². The average molecular weight is 316 g/mol. The molecule has 0 radical (unpaired) electrons. The highest BCUT2D eigenvalue weighted by molar-refractivity contribution is 5.93. The van der Waals surface area contributed by atoms with E-state index in [4.69, 9.17) is 9.26 Å². The van der Waals surface area contributed by atoms with Crippen molar-refractivity contribution in [1.29, 1.82) is 0 Å². The fourth-order valence-corrected chi connectivity index (χ4v) is 2.22. The molecule has 0 aliphatic heterocycles. The molecule has 1 amide bonds. The van der Waals surface area contributed by atoms with Crippen LogP contribution in [0.3, 0.4) is 0 Å². The second-order valence-electron chi connectivity index (χ2n) is 5.45. The monoisotopic (exact) mass is 316 g/mol. The Morgan fingerprint density at radius 3 is 2.52 bits per heavy atom. The first kappa shape index (κ1) is 16.7. The molecular weight excluding hydrogens is 296 g/mol. The summed E-state index contributed by atoms with van der Waals surface area (Å²) in [5, 5.41) is 3.69. The van der Waals surface area contributed by atoms with Crippen LogP contribution in [0.4, 0.5) is 0 Å². The molecule has 2 aromatic rings. The Labute approximate surface area is 135 Å². The number of nitrogens with zero attached hydrogens (tertiary/aromatic N) is 2. The van der Waals surface area contributed by atoms with Crippen molar-refractivity contribution in [2.45, 2.75) is 27.3 Å². The Kier molecular flexibility index (Phi) is 5.16. The number of aromatic nitrogens is 1. The smallest absolute Gasteiger partial charge is 0.344 e. The summed E-state index contributed by atoms with van der Waals surface area (Å²) in [5.41, 5.74) is 2.90. The Bertz CT molecular complexity index is 702. The predicted molar refractivity (Wildman–Crippen MR) is 83.9 cm³/mol. The zero-order valence-corrected chi connectivity index (χ0v) is 13.8. The van der Waals surface area contributed by atoms with Crippen molar-refractivity contribution in [2.75, 3.05) is 13.7 Å². The van der Waals surface area contributed by atoms with E-state index in [1.54, 1.807) is 20.9 Å². The summed E-state index contributed by atoms with van der Waals surface area (Å²) >= 11 is 0. The second-order valence-corrected chi connectivity index (χ2v) is 5.45. The number of carbonyl (C=O) groups is 2. The molecule has 0 saturated carbocycles. The number of esters is 1. The van der Waals surface area contributed by atoms with Gasteiger partial charge in [0.1, 0.15) is 11.3 Å². The molecule has 0 N–H and O–H groups in total. The van der Waals surface area contributed by atoms with Gasteiger partial charge >= 0.3 is 5.97 Å². The van der Waals surface area contributed by atoms with Crippen molar-refractivity contribution in [1.82, 2.24) is 10.1 Å². The van der Waals surface area contributed by atoms with E-state index in [1.165, 1.54) is 4.90 Å². The van der Waals surface area contributed by atoms with Crippen LogP contribution in [0.1, 0.15) is 32.9 Å². The van der Waals surface area contributed by atoms with Crippen molar-refractivity contribution in [3.63, 3.8) is 0 Å². The lowest BCUT2D eigenvalue weighted by molar-refractivity contribution is -0.133. The van der Waals surface area contributed by atoms with Crippen LogP contribution in [0.2, 0.25) is 0 Å². The quantitative estimate of drug-likeness (QED) is 0.792. The molecule has 1 aromatic heterocycles. The Hall–Kier alpha value is -2.63. The molecule has 0 spiro atoms. The van der Waals surface area contributed by atoms with Gasteiger partial charge in [-0.05, 0) is 31.9 Å². The van der Waals surface area contributed by atoms with Gasteiger partial charge in [0.15, 0.2) is 6.61 Å². The van der Waals surface area contributed by atoms with Crippen molar-refractivity contribution in [3.8, 4) is 0 Å². The predicted octanol–water partition coefficient (Wildman–Crippen LogP) is 2.42. The van der Waals surface area contributed by atoms with Crippen LogP contribution in [-0.4, -0.2) is 35.6 Å². The third kappa shape index (κ3) is 3.97. The molecule has 0 unspecified atom stereocenters. The number of likely N-dealkylation sites (N-methyl/N-ethyl adjacent to an activating group) is 1. The lowest BCUT2D eigenvalue weighted by atomic mass is 10.1. The van der Waals surface area contributed by atoms with Crippen molar-refractivity contribution in [2.24, 2.45) is 0 Å². The van der Waals surface area contributed by atoms with E-state index in [0.29, 0.717) is 18.0 Å². The highest BCUT2D eigenvalue weighted by atomic mass is 16.5. The molecule has 6 nitrogen and oxygen atoms in total. The summed E-state index contributed by atoms with van der Waals surface area (Å²) in [6, 6.07) is 7.84. The molecule has 23 heavy (non-hydrogen) atoms. The minimum absolute atomic E-state index is 0.270. The normalized spacial score (nSPS) is 10.4. The lowest BCUT2D eigenvalue weighted by Crippen LogP contribution is -2.31. The second kappa shape index (κ2) is 7.09. The number of carbonyl (C=O) groups excluding carboxylic acids is 2. The topological polar surface area (TPSA) is 72.6 Å². The maximum Gasteiger partial charge on any atom is 0.344 e. The van der Waals surface area contributed by atoms with Gasteiger partial charge < -0.3 is 14.2 Å². The van der Waals surface area contributed by atoms with Gasteiger partial charge in [0.25, 0.3) is 5.91 Å². The Balaban J connectivity index is 1.92. The van der Waals surface area contributed by atoms with Gasteiger partial charge in [-0.2, -0.15) is 0 Å². The third-order valence-electron chi connectivity index (χ3n) is 3.66. The first-order chi connectivity index (χ1) is 10.9. The number of aryl methyl sites for hydroxylation is 3. The molecule has 0 fully saturated rings. The van der Waals surface area contributed by atoms with Crippen LogP contribution in [-0.2, 0) is 16.1 Å². The van der Waals surface area contributed by atoms with Crippen molar-refractivity contribution >= 4 is 11.9 Å².